The highest BCUT2D eigenvalue weighted by Crippen LogP contribution is 2.20. The Morgan fingerprint density at radius 2 is 2.00 bits per heavy atom. The zero-order valence-corrected chi connectivity index (χ0v) is 12.6. The monoisotopic (exact) mass is 285 g/mol. The topological polar surface area (TPSA) is 75.4 Å². The van der Waals surface area contributed by atoms with Crippen LogP contribution in [0.4, 0.5) is 11.4 Å². The third kappa shape index (κ3) is 4.72. The van der Waals surface area contributed by atoms with Gasteiger partial charge >= 0.3 is 0 Å². The second-order valence-corrected chi connectivity index (χ2v) is 6.51. The average Bonchev–Trinajstić information content (AvgIpc) is 2.38. The van der Waals surface area contributed by atoms with Gasteiger partial charge < -0.3 is 10.6 Å². The number of aryl methyl sites for hydroxylation is 1. The third-order valence-corrected chi connectivity index (χ3v) is 4.49. The van der Waals surface area contributed by atoms with Crippen LogP contribution in [0.5, 0.6) is 0 Å². The van der Waals surface area contributed by atoms with Crippen LogP contribution in [0, 0.1) is 6.92 Å². The van der Waals surface area contributed by atoms with Gasteiger partial charge in [0.1, 0.15) is 0 Å². The summed E-state index contributed by atoms with van der Waals surface area (Å²) in [6, 6.07) is 5.86. The SMILES string of the molecule is CCN(CCNS(=O)(=O)CC)c1ccc(N)c(C)c1. The molecule has 0 aliphatic carbocycles. The molecule has 0 bridgehead atoms. The fourth-order valence-corrected chi connectivity index (χ4v) is 2.37. The van der Waals surface area contributed by atoms with Crippen molar-refractivity contribution in [3.05, 3.63) is 23.8 Å². The number of benzene rings is 1. The fourth-order valence-electron chi connectivity index (χ4n) is 1.76. The first-order valence-corrected chi connectivity index (χ1v) is 8.13. The Morgan fingerprint density at radius 3 is 2.53 bits per heavy atom. The van der Waals surface area contributed by atoms with E-state index in [0.29, 0.717) is 13.1 Å². The van der Waals surface area contributed by atoms with Crippen molar-refractivity contribution in [3.63, 3.8) is 0 Å². The summed E-state index contributed by atoms with van der Waals surface area (Å²) < 4.78 is 25.3. The molecule has 0 heterocycles. The Kier molecular flexibility index (Phi) is 5.62. The van der Waals surface area contributed by atoms with E-state index in [1.165, 1.54) is 0 Å². The number of hydrogen-bond donors (Lipinski definition) is 2. The lowest BCUT2D eigenvalue weighted by atomic mass is 10.1. The highest BCUT2D eigenvalue weighted by molar-refractivity contribution is 7.89. The molecular weight excluding hydrogens is 262 g/mol. The van der Waals surface area contributed by atoms with E-state index >= 15 is 0 Å². The number of rotatable bonds is 7. The summed E-state index contributed by atoms with van der Waals surface area (Å²) in [5.41, 5.74) is 8.66. The molecule has 19 heavy (non-hydrogen) atoms. The van der Waals surface area contributed by atoms with Crippen LogP contribution in [0.25, 0.3) is 0 Å². The van der Waals surface area contributed by atoms with Crippen molar-refractivity contribution in [2.75, 3.05) is 36.0 Å². The zero-order valence-electron chi connectivity index (χ0n) is 11.8. The molecule has 0 fully saturated rings. The van der Waals surface area contributed by atoms with Gasteiger partial charge in [-0.3, -0.25) is 0 Å². The van der Waals surface area contributed by atoms with E-state index in [9.17, 15) is 8.42 Å². The van der Waals surface area contributed by atoms with Gasteiger partial charge in [-0.2, -0.15) is 0 Å². The van der Waals surface area contributed by atoms with Gasteiger partial charge in [-0.25, -0.2) is 13.1 Å². The third-order valence-electron chi connectivity index (χ3n) is 3.08. The lowest BCUT2D eigenvalue weighted by Crippen LogP contribution is -2.35. The van der Waals surface area contributed by atoms with Crippen LogP contribution in [-0.2, 0) is 10.0 Å². The molecule has 1 rings (SSSR count). The van der Waals surface area contributed by atoms with Crippen molar-refractivity contribution < 1.29 is 8.42 Å². The number of nitrogens with one attached hydrogen (secondary N) is 1. The normalized spacial score (nSPS) is 11.5. The molecular formula is C13H23N3O2S. The lowest BCUT2D eigenvalue weighted by Gasteiger charge is -2.24. The molecule has 5 nitrogen and oxygen atoms in total. The second-order valence-electron chi connectivity index (χ2n) is 4.42. The minimum Gasteiger partial charge on any atom is -0.399 e. The van der Waals surface area contributed by atoms with Crippen LogP contribution in [0.1, 0.15) is 19.4 Å². The molecule has 108 valence electrons. The van der Waals surface area contributed by atoms with E-state index in [4.69, 9.17) is 5.73 Å². The number of hydrogen-bond acceptors (Lipinski definition) is 4. The summed E-state index contributed by atoms with van der Waals surface area (Å²) in [4.78, 5) is 2.12. The van der Waals surface area contributed by atoms with Crippen molar-refractivity contribution in [1.29, 1.82) is 0 Å². The fraction of sp³-hybridized carbons (Fsp3) is 0.538. The number of nitrogen functional groups attached to an aromatic ring is 1. The van der Waals surface area contributed by atoms with E-state index in [1.54, 1.807) is 6.92 Å². The van der Waals surface area contributed by atoms with Gasteiger partial charge in [0.05, 0.1) is 5.75 Å². The molecule has 0 atom stereocenters. The maximum atomic E-state index is 11.4. The van der Waals surface area contributed by atoms with E-state index in [2.05, 4.69) is 9.62 Å². The van der Waals surface area contributed by atoms with Crippen molar-refractivity contribution >= 4 is 21.4 Å². The molecule has 0 amide bonds. The first-order valence-electron chi connectivity index (χ1n) is 6.48. The molecule has 0 unspecified atom stereocenters. The first-order chi connectivity index (χ1) is 8.89. The number of likely N-dealkylation sites (N-methyl/N-ethyl adjacent to an activating group) is 1. The Hall–Kier alpha value is -1.27. The Labute approximate surface area is 115 Å². The quantitative estimate of drug-likeness (QED) is 0.741. The number of sulfonamides is 1. The zero-order chi connectivity index (χ0) is 14.5. The molecule has 0 saturated carbocycles. The van der Waals surface area contributed by atoms with Crippen LogP contribution in [0.2, 0.25) is 0 Å². The molecule has 0 saturated heterocycles. The predicted octanol–water partition coefficient (Wildman–Crippen LogP) is 1.34. The Balaban J connectivity index is 2.66. The van der Waals surface area contributed by atoms with Crippen molar-refractivity contribution in [2.24, 2.45) is 0 Å². The van der Waals surface area contributed by atoms with Crippen molar-refractivity contribution in [3.8, 4) is 0 Å². The molecule has 0 radical (unpaired) electrons. The molecule has 6 heteroatoms. The van der Waals surface area contributed by atoms with E-state index in [1.807, 2.05) is 32.0 Å². The van der Waals surface area contributed by atoms with Crippen LogP contribution in [0.3, 0.4) is 0 Å². The summed E-state index contributed by atoms with van der Waals surface area (Å²) in [6.45, 7) is 7.50. The maximum Gasteiger partial charge on any atom is 0.211 e. The van der Waals surface area contributed by atoms with Gasteiger partial charge in [0.2, 0.25) is 10.0 Å². The van der Waals surface area contributed by atoms with Gasteiger partial charge in [0.25, 0.3) is 0 Å². The smallest absolute Gasteiger partial charge is 0.211 e. The van der Waals surface area contributed by atoms with Gasteiger partial charge in [-0.15, -0.1) is 0 Å². The molecule has 0 aromatic heterocycles. The molecule has 0 aliphatic heterocycles. The van der Waals surface area contributed by atoms with Crippen molar-refractivity contribution in [1.82, 2.24) is 4.72 Å². The van der Waals surface area contributed by atoms with Gasteiger partial charge in [0.15, 0.2) is 0 Å². The molecule has 3 N–H and O–H groups in total. The Morgan fingerprint density at radius 1 is 1.32 bits per heavy atom. The summed E-state index contributed by atoms with van der Waals surface area (Å²) in [5, 5.41) is 0. The highest BCUT2D eigenvalue weighted by atomic mass is 32.2. The van der Waals surface area contributed by atoms with Crippen LogP contribution in [-0.4, -0.2) is 33.8 Å². The second kappa shape index (κ2) is 6.77. The molecule has 1 aromatic carbocycles. The first kappa shape index (κ1) is 15.8. The Bertz CT molecular complexity index is 515. The van der Waals surface area contributed by atoms with Crippen LogP contribution >= 0.6 is 0 Å². The minimum absolute atomic E-state index is 0.111. The highest BCUT2D eigenvalue weighted by Gasteiger charge is 2.09. The van der Waals surface area contributed by atoms with Gasteiger partial charge in [-0.1, -0.05) is 0 Å². The summed E-state index contributed by atoms with van der Waals surface area (Å²) >= 11 is 0. The maximum absolute atomic E-state index is 11.4. The minimum atomic E-state index is -3.12. The van der Waals surface area contributed by atoms with Gasteiger partial charge in [-0.05, 0) is 44.5 Å². The van der Waals surface area contributed by atoms with Crippen LogP contribution in [0.15, 0.2) is 18.2 Å². The summed E-state index contributed by atoms with van der Waals surface area (Å²) in [5.74, 6) is 0.111. The molecule has 1 aromatic rings. The van der Waals surface area contributed by atoms with E-state index in [0.717, 1.165) is 23.5 Å². The average molecular weight is 285 g/mol. The van der Waals surface area contributed by atoms with E-state index < -0.39 is 10.0 Å². The van der Waals surface area contributed by atoms with Gasteiger partial charge in [0, 0.05) is 31.0 Å². The predicted molar refractivity (Wildman–Crippen MR) is 80.9 cm³/mol. The van der Waals surface area contributed by atoms with Crippen LogP contribution < -0.4 is 15.4 Å². The van der Waals surface area contributed by atoms with Crippen molar-refractivity contribution in [2.45, 2.75) is 20.8 Å². The summed E-state index contributed by atoms with van der Waals surface area (Å²) in [6.07, 6.45) is 0. The molecule has 0 spiro atoms. The number of nitrogens with two attached hydrogens (primary N) is 1. The standard InChI is InChI=1S/C13H23N3O2S/c1-4-16(9-8-15-19(17,18)5-2)12-6-7-13(14)11(3)10-12/h6-7,10,15H,4-5,8-9,14H2,1-3H3. The largest absolute Gasteiger partial charge is 0.399 e. The number of anilines is 2. The number of nitrogens with zero attached hydrogens (tertiary/aromatic N) is 1. The lowest BCUT2D eigenvalue weighted by molar-refractivity contribution is 0.582. The summed E-state index contributed by atoms with van der Waals surface area (Å²) in [7, 11) is -3.12. The van der Waals surface area contributed by atoms with E-state index in [-0.39, 0.29) is 5.75 Å². The molecule has 0 aliphatic rings.